The van der Waals surface area contributed by atoms with Gasteiger partial charge in [0.1, 0.15) is 24.4 Å². The molecule has 3 fully saturated rings. The highest BCUT2D eigenvalue weighted by Gasteiger charge is 2.80. The van der Waals surface area contributed by atoms with Gasteiger partial charge in [-0.1, -0.05) is 41.2 Å². The summed E-state index contributed by atoms with van der Waals surface area (Å²) in [5.74, 6) is -12.5. The summed E-state index contributed by atoms with van der Waals surface area (Å²) < 4.78 is 48.0. The Morgan fingerprint density at radius 3 is 1.75 bits per heavy atom. The summed E-state index contributed by atoms with van der Waals surface area (Å²) in [5.41, 5.74) is -6.31. The predicted octanol–water partition coefficient (Wildman–Crippen LogP) is 2.29. The summed E-state index contributed by atoms with van der Waals surface area (Å²) in [4.78, 5) is 91.8. The van der Waals surface area contributed by atoms with Crippen molar-refractivity contribution in [3.05, 3.63) is 12.2 Å². The van der Waals surface area contributed by atoms with Crippen molar-refractivity contribution >= 4 is 41.6 Å². The van der Waals surface area contributed by atoms with Crippen LogP contribution in [0.1, 0.15) is 89.5 Å². The van der Waals surface area contributed by atoms with Crippen LogP contribution in [0.4, 0.5) is 0 Å². The number of hydrogen-bond donors (Lipinski definition) is 1. The molecule has 0 amide bonds. The third kappa shape index (κ3) is 7.88. The lowest BCUT2D eigenvalue weighted by Gasteiger charge is -2.48. The van der Waals surface area contributed by atoms with Crippen LogP contribution in [0.3, 0.4) is 0 Å². The Balaban J connectivity index is 2.66. The molecule has 16 heteroatoms. The van der Waals surface area contributed by atoms with Gasteiger partial charge in [0.25, 0.3) is 0 Å². The van der Waals surface area contributed by atoms with E-state index in [1.807, 2.05) is 13.8 Å². The maximum Gasteiger partial charge on any atom is 0.303 e. The highest BCUT2D eigenvalue weighted by Crippen LogP contribution is 2.61. The van der Waals surface area contributed by atoms with Crippen molar-refractivity contribution < 1.29 is 76.6 Å². The molecule has 2 aliphatic heterocycles. The van der Waals surface area contributed by atoms with E-state index in [-0.39, 0.29) is 18.1 Å². The fraction of sp³-hybridized carbons (Fsp3) is 0.750. The van der Waals surface area contributed by atoms with E-state index < -0.39 is 119 Å². The normalized spacial score (nSPS) is 36.9. The fourth-order valence-electron chi connectivity index (χ4n) is 7.98. The van der Waals surface area contributed by atoms with E-state index in [1.165, 1.54) is 27.7 Å². The molecule has 0 aromatic carbocycles. The molecule has 2 heterocycles. The molecule has 11 atom stereocenters. The Hall–Kier alpha value is -3.89. The monoisotopic (exact) mass is 740 g/mol. The molecule has 0 aromatic rings. The number of carbonyl (C=O) groups is 7. The fourth-order valence-corrected chi connectivity index (χ4v) is 7.98. The summed E-state index contributed by atoms with van der Waals surface area (Å²) >= 11 is 0. The van der Waals surface area contributed by atoms with Crippen molar-refractivity contribution in [2.75, 3.05) is 6.61 Å². The molecule has 1 N–H and O–H groups in total. The average molecular weight is 741 g/mol. The number of esters is 6. The zero-order valence-electron chi connectivity index (χ0n) is 31.9. The van der Waals surface area contributed by atoms with Crippen LogP contribution in [0.5, 0.6) is 0 Å². The number of carbonyl (C=O) groups excluding carboxylic acids is 7. The van der Waals surface area contributed by atoms with Crippen LogP contribution in [-0.4, -0.2) is 107 Å². The summed E-state index contributed by atoms with van der Waals surface area (Å²) in [6, 6.07) is 0. The van der Waals surface area contributed by atoms with E-state index in [9.17, 15) is 38.7 Å². The Bertz CT molecular complexity index is 1480. The zero-order chi connectivity index (χ0) is 39.9. The van der Waals surface area contributed by atoms with Gasteiger partial charge >= 0.3 is 35.8 Å². The van der Waals surface area contributed by atoms with Gasteiger partial charge in [0.15, 0.2) is 29.2 Å². The maximum absolute atomic E-state index is 14.4. The van der Waals surface area contributed by atoms with Gasteiger partial charge in [-0.05, 0) is 18.4 Å². The van der Waals surface area contributed by atoms with Gasteiger partial charge in [-0.25, -0.2) is 0 Å². The Morgan fingerprint density at radius 1 is 0.788 bits per heavy atom. The van der Waals surface area contributed by atoms with Crippen molar-refractivity contribution in [3.8, 4) is 0 Å². The van der Waals surface area contributed by atoms with Crippen LogP contribution in [0, 0.1) is 23.2 Å². The molecule has 0 radical (unpaired) electrons. The average Bonchev–Trinajstić information content (AvgIpc) is 3.35. The lowest BCUT2D eigenvalue weighted by Crippen LogP contribution is -2.66. The number of fused-ring (bicyclic) bond motifs is 4. The van der Waals surface area contributed by atoms with E-state index >= 15 is 0 Å². The molecule has 2 saturated heterocycles. The molecule has 1 saturated carbocycles. The molecule has 1 aliphatic carbocycles. The summed E-state index contributed by atoms with van der Waals surface area (Å²) in [6.07, 6.45) is -10.5. The number of ether oxygens (including phenoxy) is 8. The van der Waals surface area contributed by atoms with Gasteiger partial charge in [-0.15, -0.1) is 0 Å². The molecule has 292 valence electrons. The second kappa shape index (κ2) is 15.2. The highest BCUT2D eigenvalue weighted by molar-refractivity contribution is 5.89. The first kappa shape index (κ1) is 42.5. The van der Waals surface area contributed by atoms with Crippen LogP contribution in [-0.2, 0) is 71.5 Å². The third-order valence-corrected chi connectivity index (χ3v) is 9.81. The Kier molecular flexibility index (Phi) is 12.4. The van der Waals surface area contributed by atoms with Gasteiger partial charge in [0.05, 0.1) is 11.8 Å². The van der Waals surface area contributed by atoms with E-state index in [2.05, 4.69) is 6.58 Å². The Morgan fingerprint density at radius 2 is 1.29 bits per heavy atom. The largest absolute Gasteiger partial charge is 0.458 e. The second-order valence-electron chi connectivity index (χ2n) is 15.1. The van der Waals surface area contributed by atoms with E-state index in [0.29, 0.717) is 0 Å². The number of rotatable bonds is 9. The molecular weight excluding hydrogens is 688 g/mol. The van der Waals surface area contributed by atoms with Crippen molar-refractivity contribution in [3.63, 3.8) is 0 Å². The minimum Gasteiger partial charge on any atom is -0.458 e. The smallest absolute Gasteiger partial charge is 0.303 e. The molecule has 16 nitrogen and oxygen atoms in total. The quantitative estimate of drug-likeness (QED) is 0.204. The van der Waals surface area contributed by atoms with Crippen LogP contribution < -0.4 is 0 Å². The molecule has 11 unspecified atom stereocenters. The maximum atomic E-state index is 14.4. The zero-order valence-corrected chi connectivity index (χ0v) is 31.9. The van der Waals surface area contributed by atoms with Crippen LogP contribution in [0.2, 0.25) is 0 Å². The topological polar surface area (TPSA) is 214 Å². The van der Waals surface area contributed by atoms with Gasteiger partial charge < -0.3 is 43.0 Å². The van der Waals surface area contributed by atoms with Crippen molar-refractivity contribution in [2.24, 2.45) is 23.2 Å². The van der Waals surface area contributed by atoms with Crippen molar-refractivity contribution in [1.82, 2.24) is 0 Å². The predicted molar refractivity (Wildman–Crippen MR) is 176 cm³/mol. The SMILES string of the molecule is C=C1C(OCC(C)C)C(OC(C)=O)C(OC(C)=O)C(C)(C)C2OC(O)(C(C)C2=O)C2(OC(C)=O)CC(C)(OC(C)=O)C(OC(C)=O)C2C1OC(C)=O. The highest BCUT2D eigenvalue weighted by atomic mass is 16.7. The van der Waals surface area contributed by atoms with Crippen LogP contribution >= 0.6 is 0 Å². The molecule has 2 bridgehead atoms. The van der Waals surface area contributed by atoms with Gasteiger partial charge in [-0.3, -0.25) is 33.6 Å². The van der Waals surface area contributed by atoms with Crippen LogP contribution in [0.15, 0.2) is 12.2 Å². The summed E-state index contributed by atoms with van der Waals surface area (Å²) in [7, 11) is 0. The molecule has 3 aliphatic rings. The van der Waals surface area contributed by atoms with Crippen LogP contribution in [0.25, 0.3) is 0 Å². The van der Waals surface area contributed by atoms with E-state index in [4.69, 9.17) is 37.9 Å². The first-order chi connectivity index (χ1) is 23.7. The molecule has 52 heavy (non-hydrogen) atoms. The van der Waals surface area contributed by atoms with Crippen molar-refractivity contribution in [1.29, 1.82) is 0 Å². The summed E-state index contributed by atoms with van der Waals surface area (Å²) in [5, 5.41) is 13.0. The second-order valence-corrected chi connectivity index (χ2v) is 15.1. The number of ketones is 1. The van der Waals surface area contributed by atoms with Gasteiger partial charge in [0, 0.05) is 60.0 Å². The summed E-state index contributed by atoms with van der Waals surface area (Å²) in [6.45, 7) is 19.9. The Labute approximate surface area is 303 Å². The lowest BCUT2D eigenvalue weighted by molar-refractivity contribution is -0.334. The first-order valence-electron chi connectivity index (χ1n) is 17.1. The first-order valence-corrected chi connectivity index (χ1v) is 17.1. The molecule has 0 spiro atoms. The third-order valence-electron chi connectivity index (χ3n) is 9.81. The van der Waals surface area contributed by atoms with Gasteiger partial charge in [0.2, 0.25) is 5.79 Å². The van der Waals surface area contributed by atoms with Crippen molar-refractivity contribution in [2.45, 2.75) is 143 Å². The minimum atomic E-state index is -2.84. The van der Waals surface area contributed by atoms with E-state index in [1.54, 1.807) is 0 Å². The number of aliphatic hydroxyl groups is 1. The van der Waals surface area contributed by atoms with Gasteiger partial charge in [-0.2, -0.15) is 0 Å². The minimum absolute atomic E-state index is 0.0282. The standard InChI is InChI=1S/C36H52O16/c1-16(2)14-45-28-17(3)27(46-19(5)37)25-30(48-21(7)39)34(13,50-23(9)41)15-35(25,51-24(10)42)36(44)18(4)26(43)31(52-36)33(11,12)32(49-22(8)40)29(28)47-20(6)38/h16,18,25,27-32,44H,3,14-15H2,1-2,4-13H3. The molecule has 3 rings (SSSR count). The number of hydrogen-bond acceptors (Lipinski definition) is 16. The van der Waals surface area contributed by atoms with E-state index in [0.717, 1.165) is 41.5 Å². The molecule has 0 aromatic heterocycles. The molecular formula is C36H52O16. The lowest BCUT2D eigenvalue weighted by atomic mass is 9.68. The number of Topliss-reactive ketones (excluding diaryl/α,β-unsaturated/α-hetero) is 1.